The van der Waals surface area contributed by atoms with Gasteiger partial charge in [-0.25, -0.2) is 9.67 Å². The molecule has 4 aromatic carbocycles. The van der Waals surface area contributed by atoms with Crippen LogP contribution in [0.3, 0.4) is 0 Å². The number of ether oxygens (including phenoxy) is 2. The maximum absolute atomic E-state index is 6.21. The minimum Gasteiger partial charge on any atom is -0.493 e. The number of para-hydroxylation sites is 1. The molecule has 2 heterocycles. The van der Waals surface area contributed by atoms with Crippen LogP contribution in [-0.4, -0.2) is 29.0 Å². The van der Waals surface area contributed by atoms with E-state index in [-0.39, 0.29) is 0 Å². The lowest BCUT2D eigenvalue weighted by Gasteiger charge is -2.14. The summed E-state index contributed by atoms with van der Waals surface area (Å²) in [7, 11) is 3.30. The minimum atomic E-state index is 0.645. The van der Waals surface area contributed by atoms with Crippen LogP contribution in [0.2, 0.25) is 5.02 Å². The molecule has 0 aliphatic rings. The first-order valence-corrected chi connectivity index (χ1v) is 12.4. The second-order valence-electron chi connectivity index (χ2n) is 8.78. The van der Waals surface area contributed by atoms with Gasteiger partial charge in [-0.3, -0.25) is 0 Å². The van der Waals surface area contributed by atoms with Gasteiger partial charge >= 0.3 is 0 Å². The van der Waals surface area contributed by atoms with Gasteiger partial charge in [0.1, 0.15) is 0 Å². The molecule has 0 aliphatic carbocycles. The molecule has 6 heteroatoms. The lowest BCUT2D eigenvalue weighted by atomic mass is 9.98. The van der Waals surface area contributed by atoms with Crippen molar-refractivity contribution >= 4 is 33.4 Å². The van der Waals surface area contributed by atoms with Crippen molar-refractivity contribution in [1.82, 2.24) is 14.8 Å². The summed E-state index contributed by atoms with van der Waals surface area (Å²) in [6, 6.07) is 32.2. The van der Waals surface area contributed by atoms with Crippen molar-refractivity contribution in [1.29, 1.82) is 0 Å². The molecule has 0 saturated heterocycles. The third-order valence-electron chi connectivity index (χ3n) is 6.53. The molecule has 0 aliphatic heterocycles. The van der Waals surface area contributed by atoms with Crippen molar-refractivity contribution in [2.75, 3.05) is 14.2 Å². The fourth-order valence-electron chi connectivity index (χ4n) is 4.77. The highest BCUT2D eigenvalue weighted by atomic mass is 35.5. The van der Waals surface area contributed by atoms with E-state index in [4.69, 9.17) is 31.2 Å². The van der Waals surface area contributed by atoms with Crippen LogP contribution in [0.5, 0.6) is 11.5 Å². The van der Waals surface area contributed by atoms with Crippen molar-refractivity contribution in [3.05, 3.63) is 113 Å². The van der Waals surface area contributed by atoms with E-state index in [1.54, 1.807) is 14.2 Å². The Hall–Kier alpha value is -4.35. The van der Waals surface area contributed by atoms with Crippen LogP contribution in [0.15, 0.2) is 97.1 Å². The number of halogens is 1. The Bertz CT molecular complexity index is 1710. The Morgan fingerprint density at radius 1 is 0.757 bits per heavy atom. The fourth-order valence-corrected chi connectivity index (χ4v) is 4.90. The molecule has 2 aromatic heterocycles. The first-order chi connectivity index (χ1) is 18.2. The van der Waals surface area contributed by atoms with E-state index in [1.165, 1.54) is 5.56 Å². The summed E-state index contributed by atoms with van der Waals surface area (Å²) in [4.78, 5) is 5.23. The standard InChI is InChI=1S/C31H24ClN3O2/c1-36-27-18-24-25(19-28(27)37-2)30(21-13-15-22(32)16-14-21)33-31-29(24)26(17-20-9-5-3-6-10-20)34-35(31)23-11-7-4-8-12-23/h3-16,18-19H,17H2,1-2H3. The molecular weight excluding hydrogens is 482 g/mol. The fraction of sp³-hybridized carbons (Fsp3) is 0.0968. The van der Waals surface area contributed by atoms with Crippen LogP contribution in [0.1, 0.15) is 11.3 Å². The zero-order valence-electron chi connectivity index (χ0n) is 20.5. The zero-order chi connectivity index (χ0) is 25.4. The smallest absolute Gasteiger partial charge is 0.164 e. The van der Waals surface area contributed by atoms with E-state index in [1.807, 2.05) is 77.5 Å². The van der Waals surface area contributed by atoms with Crippen LogP contribution in [0.4, 0.5) is 0 Å². The summed E-state index contributed by atoms with van der Waals surface area (Å²) in [6.45, 7) is 0. The number of pyridine rings is 1. The highest BCUT2D eigenvalue weighted by Gasteiger charge is 2.22. The molecule has 0 amide bonds. The van der Waals surface area contributed by atoms with Crippen LogP contribution >= 0.6 is 11.6 Å². The van der Waals surface area contributed by atoms with Gasteiger partial charge in [-0.15, -0.1) is 0 Å². The summed E-state index contributed by atoms with van der Waals surface area (Å²) in [6.07, 6.45) is 0.669. The third-order valence-corrected chi connectivity index (χ3v) is 6.78. The minimum absolute atomic E-state index is 0.645. The van der Waals surface area contributed by atoms with E-state index < -0.39 is 0 Å². The molecule has 6 aromatic rings. The molecule has 0 N–H and O–H groups in total. The van der Waals surface area contributed by atoms with Gasteiger partial charge in [-0.2, -0.15) is 5.10 Å². The monoisotopic (exact) mass is 505 g/mol. The SMILES string of the molecule is COc1cc2c(-c3ccc(Cl)cc3)nc3c(c(Cc4ccccc4)nn3-c3ccccc3)c2cc1OC. The van der Waals surface area contributed by atoms with Crippen molar-refractivity contribution in [2.24, 2.45) is 0 Å². The van der Waals surface area contributed by atoms with Crippen LogP contribution < -0.4 is 9.47 Å². The van der Waals surface area contributed by atoms with Crippen LogP contribution in [0.25, 0.3) is 38.8 Å². The highest BCUT2D eigenvalue weighted by molar-refractivity contribution is 6.30. The van der Waals surface area contributed by atoms with E-state index in [0.29, 0.717) is 22.9 Å². The highest BCUT2D eigenvalue weighted by Crippen LogP contribution is 2.41. The number of hydrogen-bond acceptors (Lipinski definition) is 4. The number of rotatable bonds is 6. The lowest BCUT2D eigenvalue weighted by Crippen LogP contribution is -1.99. The number of methoxy groups -OCH3 is 2. The molecule has 0 unspecified atom stereocenters. The molecular formula is C31H24ClN3O2. The quantitative estimate of drug-likeness (QED) is 0.235. The Morgan fingerprint density at radius 2 is 1.38 bits per heavy atom. The Kier molecular flexibility index (Phi) is 5.99. The number of fused-ring (bicyclic) bond motifs is 3. The summed E-state index contributed by atoms with van der Waals surface area (Å²) < 4.78 is 13.3. The Morgan fingerprint density at radius 3 is 2.03 bits per heavy atom. The average molecular weight is 506 g/mol. The van der Waals surface area contributed by atoms with Gasteiger partial charge in [0.25, 0.3) is 0 Å². The van der Waals surface area contributed by atoms with Gasteiger partial charge < -0.3 is 9.47 Å². The second-order valence-corrected chi connectivity index (χ2v) is 9.21. The van der Waals surface area contributed by atoms with Crippen molar-refractivity contribution < 1.29 is 9.47 Å². The molecule has 0 radical (unpaired) electrons. The predicted octanol–water partition coefficient (Wildman–Crippen LogP) is 7.50. The number of benzene rings is 4. The second kappa shape index (κ2) is 9.60. The normalized spacial score (nSPS) is 11.2. The first-order valence-electron chi connectivity index (χ1n) is 12.0. The van der Waals surface area contributed by atoms with Crippen LogP contribution in [0, 0.1) is 0 Å². The van der Waals surface area contributed by atoms with Crippen molar-refractivity contribution in [2.45, 2.75) is 6.42 Å². The van der Waals surface area contributed by atoms with E-state index in [9.17, 15) is 0 Å². The molecule has 5 nitrogen and oxygen atoms in total. The average Bonchev–Trinajstić information content (AvgIpc) is 3.31. The van der Waals surface area contributed by atoms with Crippen LogP contribution in [-0.2, 0) is 6.42 Å². The molecule has 0 bridgehead atoms. The molecule has 0 spiro atoms. The first kappa shape index (κ1) is 23.1. The molecule has 37 heavy (non-hydrogen) atoms. The molecule has 182 valence electrons. The molecule has 0 atom stereocenters. The number of aromatic nitrogens is 3. The largest absolute Gasteiger partial charge is 0.493 e. The number of hydrogen-bond donors (Lipinski definition) is 0. The Balaban J connectivity index is 1.74. The number of nitrogens with zero attached hydrogens (tertiary/aromatic N) is 3. The van der Waals surface area contributed by atoms with Gasteiger partial charge in [0.05, 0.1) is 36.7 Å². The summed E-state index contributed by atoms with van der Waals surface area (Å²) in [5.41, 5.74) is 5.62. The van der Waals surface area contributed by atoms with E-state index >= 15 is 0 Å². The van der Waals surface area contributed by atoms with E-state index in [2.05, 4.69) is 24.3 Å². The third kappa shape index (κ3) is 4.17. The lowest BCUT2D eigenvalue weighted by molar-refractivity contribution is 0.356. The predicted molar refractivity (Wildman–Crippen MR) is 149 cm³/mol. The summed E-state index contributed by atoms with van der Waals surface area (Å²) in [5.74, 6) is 1.30. The topological polar surface area (TPSA) is 49.2 Å². The summed E-state index contributed by atoms with van der Waals surface area (Å²) >= 11 is 6.21. The maximum Gasteiger partial charge on any atom is 0.164 e. The van der Waals surface area contributed by atoms with E-state index in [0.717, 1.165) is 44.4 Å². The molecule has 0 saturated carbocycles. The van der Waals surface area contributed by atoms with Gasteiger partial charge in [-0.05, 0) is 42.0 Å². The van der Waals surface area contributed by atoms with Crippen molar-refractivity contribution in [3.63, 3.8) is 0 Å². The maximum atomic E-state index is 6.21. The molecule has 0 fully saturated rings. The van der Waals surface area contributed by atoms with Crippen molar-refractivity contribution in [3.8, 4) is 28.4 Å². The van der Waals surface area contributed by atoms with Gasteiger partial charge in [-0.1, -0.05) is 72.3 Å². The van der Waals surface area contributed by atoms with Gasteiger partial charge in [0.2, 0.25) is 0 Å². The van der Waals surface area contributed by atoms with Gasteiger partial charge in [0.15, 0.2) is 17.1 Å². The van der Waals surface area contributed by atoms with Gasteiger partial charge in [0, 0.05) is 27.8 Å². The molecule has 6 rings (SSSR count). The zero-order valence-corrected chi connectivity index (χ0v) is 21.2. The Labute approximate surface area is 219 Å². The summed E-state index contributed by atoms with van der Waals surface area (Å²) in [5, 5.41) is 8.73.